The first-order valence-corrected chi connectivity index (χ1v) is 11.1. The summed E-state index contributed by atoms with van der Waals surface area (Å²) in [4.78, 5) is 20.6. The molecule has 0 radical (unpaired) electrons. The number of nitrogens with zero attached hydrogens (tertiary/aromatic N) is 8. The fourth-order valence-electron chi connectivity index (χ4n) is 3.88. The third kappa shape index (κ3) is 3.91. The van der Waals surface area contributed by atoms with Crippen LogP contribution in [0.25, 0.3) is 21.7 Å². The SMILES string of the molecule is CCCc1cc2c(N3CCn4c(nnc4C(F)(F)F)C3)nc(-c3cnc(CC#N)[nH]3)nc2s1. The van der Waals surface area contributed by atoms with Gasteiger partial charge >= 0.3 is 6.18 Å². The normalized spacial score (nSPS) is 14.0. The molecule has 0 amide bonds. The number of hydrogen-bond acceptors (Lipinski definition) is 8. The molecule has 13 heteroatoms. The second kappa shape index (κ2) is 8.11. The van der Waals surface area contributed by atoms with Gasteiger partial charge in [-0.25, -0.2) is 15.0 Å². The van der Waals surface area contributed by atoms with Crippen molar-refractivity contribution in [1.29, 1.82) is 5.26 Å². The molecule has 0 aromatic carbocycles. The molecule has 0 bridgehead atoms. The van der Waals surface area contributed by atoms with Gasteiger partial charge in [-0.3, -0.25) is 0 Å². The van der Waals surface area contributed by atoms with Gasteiger partial charge in [0.2, 0.25) is 5.82 Å². The summed E-state index contributed by atoms with van der Waals surface area (Å²) in [5, 5.41) is 16.9. The molecule has 4 aromatic heterocycles. The van der Waals surface area contributed by atoms with Crippen molar-refractivity contribution in [3.05, 3.63) is 34.6 Å². The number of nitrogens with one attached hydrogen (secondary N) is 1. The zero-order chi connectivity index (χ0) is 23.2. The zero-order valence-corrected chi connectivity index (χ0v) is 18.3. The first-order chi connectivity index (χ1) is 15.9. The van der Waals surface area contributed by atoms with Crippen LogP contribution in [0.3, 0.4) is 0 Å². The van der Waals surface area contributed by atoms with E-state index in [1.807, 2.05) is 11.0 Å². The molecule has 0 unspecified atom stereocenters. The minimum absolute atomic E-state index is 0.0976. The number of aromatic nitrogens is 7. The molecule has 0 saturated heterocycles. The minimum atomic E-state index is -4.55. The van der Waals surface area contributed by atoms with Crippen molar-refractivity contribution in [2.75, 3.05) is 11.4 Å². The molecule has 1 N–H and O–H groups in total. The number of aryl methyl sites for hydroxylation is 1. The highest BCUT2D eigenvalue weighted by Crippen LogP contribution is 2.36. The molecule has 1 aliphatic heterocycles. The van der Waals surface area contributed by atoms with Gasteiger partial charge in [0.05, 0.1) is 30.6 Å². The summed E-state index contributed by atoms with van der Waals surface area (Å²) < 4.78 is 40.8. The van der Waals surface area contributed by atoms with Crippen LogP contribution in [0.2, 0.25) is 0 Å². The Morgan fingerprint density at radius 2 is 2.09 bits per heavy atom. The third-order valence-electron chi connectivity index (χ3n) is 5.34. The van der Waals surface area contributed by atoms with Crippen molar-refractivity contribution in [3.8, 4) is 17.6 Å². The van der Waals surface area contributed by atoms with Crippen LogP contribution in [-0.2, 0) is 32.1 Å². The van der Waals surface area contributed by atoms with Gasteiger partial charge in [0.25, 0.3) is 0 Å². The summed E-state index contributed by atoms with van der Waals surface area (Å²) >= 11 is 1.57. The summed E-state index contributed by atoms with van der Waals surface area (Å²) in [6, 6.07) is 4.10. The van der Waals surface area contributed by atoms with Crippen LogP contribution in [-0.4, -0.2) is 41.2 Å². The average Bonchev–Trinajstić information content (AvgIpc) is 3.50. The molecule has 9 nitrogen and oxygen atoms in total. The Labute approximate surface area is 189 Å². The molecule has 0 aliphatic carbocycles. The summed E-state index contributed by atoms with van der Waals surface area (Å²) in [7, 11) is 0. The lowest BCUT2D eigenvalue weighted by atomic mass is 10.2. The van der Waals surface area contributed by atoms with E-state index < -0.39 is 12.0 Å². The molecule has 5 heterocycles. The number of alkyl halides is 3. The van der Waals surface area contributed by atoms with Crippen LogP contribution in [0, 0.1) is 11.3 Å². The molecule has 0 fully saturated rings. The van der Waals surface area contributed by atoms with Gasteiger partial charge in [-0.1, -0.05) is 13.3 Å². The summed E-state index contributed by atoms with van der Waals surface area (Å²) in [6.07, 6.45) is -0.950. The van der Waals surface area contributed by atoms with Crippen molar-refractivity contribution >= 4 is 27.4 Å². The van der Waals surface area contributed by atoms with Gasteiger partial charge in [-0.2, -0.15) is 18.4 Å². The Morgan fingerprint density at radius 3 is 2.85 bits per heavy atom. The maximum Gasteiger partial charge on any atom is 0.451 e. The van der Waals surface area contributed by atoms with E-state index in [0.29, 0.717) is 29.7 Å². The quantitative estimate of drug-likeness (QED) is 0.470. The first-order valence-electron chi connectivity index (χ1n) is 10.3. The van der Waals surface area contributed by atoms with E-state index >= 15 is 0 Å². The number of H-pyrrole nitrogens is 1. The van der Waals surface area contributed by atoms with Gasteiger partial charge in [0, 0.05) is 18.0 Å². The van der Waals surface area contributed by atoms with Crippen LogP contribution >= 0.6 is 11.3 Å². The Morgan fingerprint density at radius 1 is 1.24 bits per heavy atom. The van der Waals surface area contributed by atoms with Gasteiger partial charge in [0.1, 0.15) is 22.2 Å². The second-order valence-corrected chi connectivity index (χ2v) is 8.76. The van der Waals surface area contributed by atoms with E-state index in [2.05, 4.69) is 33.2 Å². The molecule has 4 aromatic rings. The van der Waals surface area contributed by atoms with Crippen LogP contribution in [0.1, 0.15) is 35.7 Å². The molecule has 170 valence electrons. The lowest BCUT2D eigenvalue weighted by molar-refractivity contribution is -0.147. The average molecular weight is 473 g/mol. The Kier molecular flexibility index (Phi) is 5.24. The minimum Gasteiger partial charge on any atom is -0.347 e. The number of imidazole rings is 1. The lowest BCUT2D eigenvalue weighted by Crippen LogP contribution is -2.36. The Balaban J connectivity index is 1.57. The van der Waals surface area contributed by atoms with Gasteiger partial charge in [-0.05, 0) is 12.5 Å². The molecule has 0 spiro atoms. The number of thiophene rings is 1. The van der Waals surface area contributed by atoms with E-state index in [4.69, 9.17) is 15.2 Å². The molecule has 0 saturated carbocycles. The number of anilines is 1. The maximum absolute atomic E-state index is 13.2. The van der Waals surface area contributed by atoms with Crippen molar-refractivity contribution in [2.45, 2.75) is 45.5 Å². The number of nitriles is 1. The first kappa shape index (κ1) is 21.3. The fourth-order valence-corrected chi connectivity index (χ4v) is 5.00. The van der Waals surface area contributed by atoms with Crippen molar-refractivity contribution in [1.82, 2.24) is 34.7 Å². The third-order valence-corrected chi connectivity index (χ3v) is 6.43. The van der Waals surface area contributed by atoms with Crippen molar-refractivity contribution in [3.63, 3.8) is 0 Å². The van der Waals surface area contributed by atoms with Gasteiger partial charge < -0.3 is 14.5 Å². The lowest BCUT2D eigenvalue weighted by Gasteiger charge is -2.29. The summed E-state index contributed by atoms with van der Waals surface area (Å²) in [5.74, 6) is 0.828. The maximum atomic E-state index is 13.2. The smallest absolute Gasteiger partial charge is 0.347 e. The standard InChI is InChI=1S/C20H18F3N9S/c1-2-3-11-8-12-17(31-6-7-32-15(10-31)29-30-19(32)20(21,22)23)27-16(28-18(12)33-11)13-9-25-14(26-13)4-5-24/h8-9H,2-4,6-7,10H2,1H3,(H,25,26). The van der Waals surface area contributed by atoms with Crippen molar-refractivity contribution < 1.29 is 13.2 Å². The zero-order valence-electron chi connectivity index (χ0n) is 17.5. The van der Waals surface area contributed by atoms with E-state index in [1.54, 1.807) is 17.5 Å². The number of fused-ring (bicyclic) bond motifs is 2. The number of halogens is 3. The van der Waals surface area contributed by atoms with E-state index in [1.165, 1.54) is 0 Å². The molecule has 1 aliphatic rings. The highest BCUT2D eigenvalue weighted by Gasteiger charge is 2.39. The van der Waals surface area contributed by atoms with Gasteiger partial charge in [-0.15, -0.1) is 21.5 Å². The molecule has 5 rings (SSSR count). The summed E-state index contributed by atoms with van der Waals surface area (Å²) in [6.45, 7) is 2.66. The van der Waals surface area contributed by atoms with Crippen LogP contribution in [0.5, 0.6) is 0 Å². The Hall–Kier alpha value is -3.53. The predicted octanol–water partition coefficient (Wildman–Crippen LogP) is 3.73. The predicted molar refractivity (Wildman–Crippen MR) is 114 cm³/mol. The van der Waals surface area contributed by atoms with E-state index in [9.17, 15) is 13.2 Å². The highest BCUT2D eigenvalue weighted by molar-refractivity contribution is 7.18. The van der Waals surface area contributed by atoms with Gasteiger partial charge in [0.15, 0.2) is 11.6 Å². The van der Waals surface area contributed by atoms with Crippen LogP contribution in [0.4, 0.5) is 19.0 Å². The number of rotatable bonds is 5. The van der Waals surface area contributed by atoms with E-state index in [0.717, 1.165) is 32.5 Å². The molecule has 33 heavy (non-hydrogen) atoms. The monoisotopic (exact) mass is 473 g/mol. The Bertz CT molecular complexity index is 1360. The second-order valence-electron chi connectivity index (χ2n) is 7.64. The number of aromatic amines is 1. The largest absolute Gasteiger partial charge is 0.451 e. The van der Waals surface area contributed by atoms with Crippen LogP contribution < -0.4 is 4.90 Å². The van der Waals surface area contributed by atoms with E-state index in [-0.39, 0.29) is 25.3 Å². The summed E-state index contributed by atoms with van der Waals surface area (Å²) in [5.41, 5.74) is 0.577. The fraction of sp³-hybridized carbons (Fsp3) is 0.400. The molecular weight excluding hydrogens is 455 g/mol. The van der Waals surface area contributed by atoms with Crippen LogP contribution in [0.15, 0.2) is 12.3 Å². The number of hydrogen-bond donors (Lipinski definition) is 1. The van der Waals surface area contributed by atoms with Crippen molar-refractivity contribution in [2.24, 2.45) is 0 Å². The highest BCUT2D eigenvalue weighted by atomic mass is 32.1. The topological polar surface area (TPSA) is 112 Å². The molecule has 0 atom stereocenters. The molecular formula is C20H18F3N9S.